The number of nitrogens with one attached hydrogen (secondary N) is 1. The van der Waals surface area contributed by atoms with Gasteiger partial charge in [-0.15, -0.1) is 0 Å². The molecule has 1 rings (SSSR count). The highest BCUT2D eigenvalue weighted by molar-refractivity contribution is 5.80. The Kier molecular flexibility index (Phi) is 7.39. The number of carbonyl (C=O) groups excluding carboxylic acids is 1. The largest absolute Gasteiger partial charge is 0.465 e. The third-order valence-corrected chi connectivity index (χ3v) is 3.84. The van der Waals surface area contributed by atoms with Crippen LogP contribution in [0.2, 0.25) is 0 Å². The molecule has 0 aromatic heterocycles. The Balaban J connectivity index is 2.40. The van der Waals surface area contributed by atoms with Gasteiger partial charge in [-0.3, -0.25) is 4.79 Å². The highest BCUT2D eigenvalue weighted by Crippen LogP contribution is 2.17. The molecule has 19 heavy (non-hydrogen) atoms. The Morgan fingerprint density at radius 2 is 2.00 bits per heavy atom. The lowest BCUT2D eigenvalue weighted by atomic mass is 9.95. The molecular formula is C15H30N2O2. The van der Waals surface area contributed by atoms with Gasteiger partial charge in [-0.1, -0.05) is 6.92 Å². The highest BCUT2D eigenvalue weighted by Gasteiger charge is 2.33. The SMILES string of the molecule is CCCNC(C)(CCCN1CCCC1)C(=O)OCC. The van der Waals surface area contributed by atoms with Gasteiger partial charge < -0.3 is 15.0 Å². The summed E-state index contributed by atoms with van der Waals surface area (Å²) in [4.78, 5) is 14.6. The molecule has 0 aromatic carbocycles. The van der Waals surface area contributed by atoms with Crippen molar-refractivity contribution in [2.75, 3.05) is 32.8 Å². The predicted molar refractivity (Wildman–Crippen MR) is 78.2 cm³/mol. The molecule has 1 saturated heterocycles. The van der Waals surface area contributed by atoms with Crippen molar-refractivity contribution in [1.82, 2.24) is 10.2 Å². The summed E-state index contributed by atoms with van der Waals surface area (Å²) in [5.41, 5.74) is -0.522. The van der Waals surface area contributed by atoms with Crippen LogP contribution in [0, 0.1) is 0 Å². The van der Waals surface area contributed by atoms with Gasteiger partial charge in [0.25, 0.3) is 0 Å². The maximum atomic E-state index is 12.1. The summed E-state index contributed by atoms with van der Waals surface area (Å²) in [6.45, 7) is 10.8. The molecule has 1 unspecified atom stereocenters. The molecule has 1 N–H and O–H groups in total. The highest BCUT2D eigenvalue weighted by atomic mass is 16.5. The molecule has 0 bridgehead atoms. The van der Waals surface area contributed by atoms with Crippen LogP contribution in [0.5, 0.6) is 0 Å². The summed E-state index contributed by atoms with van der Waals surface area (Å²) in [7, 11) is 0. The average Bonchev–Trinajstić information content (AvgIpc) is 2.90. The van der Waals surface area contributed by atoms with Gasteiger partial charge in [0.1, 0.15) is 5.54 Å². The summed E-state index contributed by atoms with van der Waals surface area (Å²) in [5.74, 6) is -0.107. The quantitative estimate of drug-likeness (QED) is 0.652. The zero-order valence-corrected chi connectivity index (χ0v) is 12.8. The summed E-state index contributed by atoms with van der Waals surface area (Å²) in [6.07, 6.45) is 5.57. The number of hydrogen-bond donors (Lipinski definition) is 1. The second-order valence-corrected chi connectivity index (χ2v) is 5.63. The van der Waals surface area contributed by atoms with Gasteiger partial charge in [0.15, 0.2) is 0 Å². The van der Waals surface area contributed by atoms with Crippen molar-refractivity contribution in [1.29, 1.82) is 0 Å². The van der Waals surface area contributed by atoms with Crippen molar-refractivity contribution in [3.05, 3.63) is 0 Å². The molecule has 0 saturated carbocycles. The van der Waals surface area contributed by atoms with Crippen LogP contribution in [0.3, 0.4) is 0 Å². The van der Waals surface area contributed by atoms with Crippen molar-refractivity contribution in [3.8, 4) is 0 Å². The molecule has 0 aromatic rings. The minimum atomic E-state index is -0.522. The maximum Gasteiger partial charge on any atom is 0.326 e. The Hall–Kier alpha value is -0.610. The van der Waals surface area contributed by atoms with Gasteiger partial charge in [-0.25, -0.2) is 0 Å². The van der Waals surface area contributed by atoms with E-state index in [9.17, 15) is 4.79 Å². The lowest BCUT2D eigenvalue weighted by Crippen LogP contribution is -2.51. The van der Waals surface area contributed by atoms with Crippen LogP contribution in [0.1, 0.15) is 52.9 Å². The van der Waals surface area contributed by atoms with Gasteiger partial charge in [0.2, 0.25) is 0 Å². The first-order chi connectivity index (χ1) is 9.12. The predicted octanol–water partition coefficient (Wildman–Crippen LogP) is 2.18. The van der Waals surface area contributed by atoms with Crippen LogP contribution < -0.4 is 5.32 Å². The van der Waals surface area contributed by atoms with E-state index in [0.29, 0.717) is 6.61 Å². The maximum absolute atomic E-state index is 12.1. The molecule has 0 radical (unpaired) electrons. The zero-order valence-electron chi connectivity index (χ0n) is 12.8. The van der Waals surface area contributed by atoms with E-state index in [2.05, 4.69) is 17.1 Å². The third kappa shape index (κ3) is 5.49. The number of ether oxygens (including phenoxy) is 1. The number of carbonyl (C=O) groups is 1. The van der Waals surface area contributed by atoms with Crippen molar-refractivity contribution in [2.45, 2.75) is 58.4 Å². The van der Waals surface area contributed by atoms with E-state index in [4.69, 9.17) is 4.74 Å². The standard InChI is InChI=1S/C15H30N2O2/c1-4-10-16-15(3,14(18)19-5-2)9-8-13-17-11-6-7-12-17/h16H,4-13H2,1-3H3. The Bertz CT molecular complexity index is 265. The second-order valence-electron chi connectivity index (χ2n) is 5.63. The van der Waals surface area contributed by atoms with Crippen LogP contribution in [-0.4, -0.2) is 49.2 Å². The van der Waals surface area contributed by atoms with Crippen LogP contribution in [0.4, 0.5) is 0 Å². The van der Waals surface area contributed by atoms with E-state index >= 15 is 0 Å². The molecule has 112 valence electrons. The van der Waals surface area contributed by atoms with Gasteiger partial charge in [-0.2, -0.15) is 0 Å². The van der Waals surface area contributed by atoms with E-state index in [1.165, 1.54) is 25.9 Å². The molecule has 1 aliphatic rings. The Morgan fingerprint density at radius 3 is 2.58 bits per heavy atom. The first kappa shape index (κ1) is 16.4. The molecule has 1 heterocycles. The first-order valence-corrected chi connectivity index (χ1v) is 7.77. The van der Waals surface area contributed by atoms with E-state index in [0.717, 1.165) is 32.4 Å². The van der Waals surface area contributed by atoms with Crippen molar-refractivity contribution >= 4 is 5.97 Å². The normalized spacial score (nSPS) is 19.3. The minimum absolute atomic E-state index is 0.107. The van der Waals surface area contributed by atoms with Crippen molar-refractivity contribution < 1.29 is 9.53 Å². The lowest BCUT2D eigenvalue weighted by molar-refractivity contribution is -0.150. The third-order valence-electron chi connectivity index (χ3n) is 3.84. The number of hydrogen-bond acceptors (Lipinski definition) is 4. The van der Waals surface area contributed by atoms with E-state index < -0.39 is 5.54 Å². The summed E-state index contributed by atoms with van der Waals surface area (Å²) in [5, 5.41) is 3.36. The molecule has 1 aliphatic heterocycles. The molecule has 1 fully saturated rings. The van der Waals surface area contributed by atoms with Gasteiger partial charge in [0.05, 0.1) is 6.61 Å². The van der Waals surface area contributed by atoms with Crippen LogP contribution in [0.25, 0.3) is 0 Å². The number of likely N-dealkylation sites (tertiary alicyclic amines) is 1. The molecule has 0 spiro atoms. The van der Waals surface area contributed by atoms with Gasteiger partial charge in [-0.05, 0) is 72.1 Å². The number of nitrogens with zero attached hydrogens (tertiary/aromatic N) is 1. The zero-order chi connectivity index (χ0) is 14.1. The molecular weight excluding hydrogens is 240 g/mol. The van der Waals surface area contributed by atoms with E-state index in [1.807, 2.05) is 13.8 Å². The molecule has 1 atom stereocenters. The summed E-state index contributed by atoms with van der Waals surface area (Å²) in [6, 6.07) is 0. The Labute approximate surface area is 117 Å². The fourth-order valence-electron chi connectivity index (χ4n) is 2.62. The topological polar surface area (TPSA) is 41.6 Å². The average molecular weight is 270 g/mol. The molecule has 4 heteroatoms. The number of esters is 1. The minimum Gasteiger partial charge on any atom is -0.465 e. The fourth-order valence-corrected chi connectivity index (χ4v) is 2.62. The summed E-state index contributed by atoms with van der Waals surface area (Å²) < 4.78 is 5.21. The Morgan fingerprint density at radius 1 is 1.32 bits per heavy atom. The van der Waals surface area contributed by atoms with E-state index in [-0.39, 0.29) is 5.97 Å². The van der Waals surface area contributed by atoms with Crippen LogP contribution >= 0.6 is 0 Å². The van der Waals surface area contributed by atoms with Crippen molar-refractivity contribution in [2.24, 2.45) is 0 Å². The van der Waals surface area contributed by atoms with Crippen molar-refractivity contribution in [3.63, 3.8) is 0 Å². The van der Waals surface area contributed by atoms with Gasteiger partial charge >= 0.3 is 5.97 Å². The number of rotatable bonds is 9. The smallest absolute Gasteiger partial charge is 0.326 e. The fraction of sp³-hybridized carbons (Fsp3) is 0.933. The van der Waals surface area contributed by atoms with Crippen LogP contribution in [0.15, 0.2) is 0 Å². The van der Waals surface area contributed by atoms with Crippen LogP contribution in [-0.2, 0) is 9.53 Å². The molecule has 0 aliphatic carbocycles. The molecule has 0 amide bonds. The lowest BCUT2D eigenvalue weighted by Gasteiger charge is -2.29. The molecule has 4 nitrogen and oxygen atoms in total. The summed E-state index contributed by atoms with van der Waals surface area (Å²) >= 11 is 0. The monoisotopic (exact) mass is 270 g/mol. The second kappa shape index (κ2) is 8.54. The first-order valence-electron chi connectivity index (χ1n) is 7.77. The van der Waals surface area contributed by atoms with E-state index in [1.54, 1.807) is 0 Å². The van der Waals surface area contributed by atoms with Gasteiger partial charge in [0, 0.05) is 0 Å².